The summed E-state index contributed by atoms with van der Waals surface area (Å²) in [5.41, 5.74) is 0.594. The van der Waals surface area contributed by atoms with Gasteiger partial charge in [0.25, 0.3) is 5.91 Å². The van der Waals surface area contributed by atoms with Crippen LogP contribution in [0, 0.1) is 5.92 Å². The van der Waals surface area contributed by atoms with Crippen molar-refractivity contribution in [3.8, 4) is 5.75 Å². The minimum Gasteiger partial charge on any atom is -0.491 e. The van der Waals surface area contributed by atoms with Crippen LogP contribution in [0.25, 0.3) is 0 Å². The van der Waals surface area contributed by atoms with Gasteiger partial charge in [0, 0.05) is 32.2 Å². The van der Waals surface area contributed by atoms with E-state index in [0.717, 1.165) is 12.8 Å². The number of carbonyl (C=O) groups excluding carboxylic acids is 1. The number of nitrogens with zero attached hydrogens (tertiary/aromatic N) is 1. The van der Waals surface area contributed by atoms with E-state index in [2.05, 4.69) is 0 Å². The second-order valence-electron chi connectivity index (χ2n) is 5.70. The zero-order valence-corrected chi connectivity index (χ0v) is 13.4. The molecule has 1 amide bonds. The lowest BCUT2D eigenvalue weighted by atomic mass is 9.93. The molecule has 6 heteroatoms. The van der Waals surface area contributed by atoms with E-state index < -0.39 is 5.97 Å². The number of carboxylic acids is 1. The van der Waals surface area contributed by atoms with Crippen molar-refractivity contribution >= 4 is 11.9 Å². The average Bonchev–Trinajstić information content (AvgIpc) is 2.55. The van der Waals surface area contributed by atoms with Gasteiger partial charge in [0.2, 0.25) is 0 Å². The van der Waals surface area contributed by atoms with Crippen LogP contribution in [-0.4, -0.2) is 55.3 Å². The summed E-state index contributed by atoms with van der Waals surface area (Å²) in [6, 6.07) is 7.12. The molecule has 6 nitrogen and oxygen atoms in total. The molecule has 1 aliphatic heterocycles. The number of carbonyl (C=O) groups is 2. The van der Waals surface area contributed by atoms with Gasteiger partial charge in [-0.25, -0.2) is 0 Å². The number of aliphatic carboxylic acids is 1. The highest BCUT2D eigenvalue weighted by Crippen LogP contribution is 2.23. The molecule has 23 heavy (non-hydrogen) atoms. The van der Waals surface area contributed by atoms with Crippen LogP contribution in [0.4, 0.5) is 0 Å². The molecular weight excluding hydrogens is 298 g/mol. The first-order chi connectivity index (χ1) is 11.1. The van der Waals surface area contributed by atoms with Crippen LogP contribution in [0.5, 0.6) is 5.75 Å². The molecule has 0 bridgehead atoms. The molecule has 0 aromatic heterocycles. The van der Waals surface area contributed by atoms with E-state index in [1.165, 1.54) is 0 Å². The first-order valence-electron chi connectivity index (χ1n) is 7.83. The normalized spacial score (nSPS) is 15.4. The second-order valence-corrected chi connectivity index (χ2v) is 5.70. The quantitative estimate of drug-likeness (QED) is 0.778. The Morgan fingerprint density at radius 1 is 1.26 bits per heavy atom. The Morgan fingerprint density at radius 3 is 2.65 bits per heavy atom. The lowest BCUT2D eigenvalue weighted by Crippen LogP contribution is -2.38. The zero-order chi connectivity index (χ0) is 16.7. The molecule has 1 heterocycles. The van der Waals surface area contributed by atoms with E-state index in [1.54, 1.807) is 30.2 Å². The Kier molecular flexibility index (Phi) is 6.40. The largest absolute Gasteiger partial charge is 0.491 e. The van der Waals surface area contributed by atoms with Crippen LogP contribution in [0.2, 0.25) is 0 Å². The summed E-state index contributed by atoms with van der Waals surface area (Å²) < 4.78 is 10.5. The molecule has 1 N–H and O–H groups in total. The lowest BCUT2D eigenvalue weighted by molar-refractivity contribution is -0.138. The number of methoxy groups -OCH3 is 1. The van der Waals surface area contributed by atoms with Gasteiger partial charge >= 0.3 is 5.97 Å². The molecule has 0 spiro atoms. The number of hydrogen-bond acceptors (Lipinski definition) is 4. The number of benzene rings is 1. The Balaban J connectivity index is 1.90. The van der Waals surface area contributed by atoms with E-state index in [4.69, 9.17) is 14.6 Å². The summed E-state index contributed by atoms with van der Waals surface area (Å²) in [5, 5.41) is 8.83. The number of hydrogen-bond donors (Lipinski definition) is 1. The molecular formula is C17H23NO5. The van der Waals surface area contributed by atoms with Gasteiger partial charge < -0.3 is 19.5 Å². The molecule has 0 saturated carbocycles. The predicted molar refractivity (Wildman–Crippen MR) is 84.7 cm³/mol. The standard InChI is InChI=1S/C17H23NO5/c1-22-9-10-23-15-4-2-3-14(12-15)17(21)18-7-5-13(6-8-18)11-16(19)20/h2-4,12-13H,5-11H2,1H3,(H,19,20). The van der Waals surface area contributed by atoms with Crippen molar-refractivity contribution < 1.29 is 24.2 Å². The minimum atomic E-state index is -0.768. The number of likely N-dealkylation sites (tertiary alicyclic amines) is 1. The van der Waals surface area contributed by atoms with Crippen LogP contribution in [-0.2, 0) is 9.53 Å². The maximum Gasteiger partial charge on any atom is 0.303 e. The zero-order valence-electron chi connectivity index (χ0n) is 13.4. The summed E-state index contributed by atoms with van der Waals surface area (Å²) in [6.07, 6.45) is 1.66. The monoisotopic (exact) mass is 321 g/mol. The molecule has 1 aliphatic rings. The molecule has 1 aromatic rings. The second kappa shape index (κ2) is 8.53. The van der Waals surface area contributed by atoms with Gasteiger partial charge in [0.15, 0.2) is 0 Å². The minimum absolute atomic E-state index is 0.0315. The van der Waals surface area contributed by atoms with Crippen molar-refractivity contribution in [3.63, 3.8) is 0 Å². The first-order valence-corrected chi connectivity index (χ1v) is 7.83. The maximum atomic E-state index is 12.5. The predicted octanol–water partition coefficient (Wildman–Crippen LogP) is 2.04. The first kappa shape index (κ1) is 17.3. The SMILES string of the molecule is COCCOc1cccc(C(=O)N2CCC(CC(=O)O)CC2)c1. The maximum absolute atomic E-state index is 12.5. The summed E-state index contributed by atoms with van der Waals surface area (Å²) in [6.45, 7) is 2.14. The topological polar surface area (TPSA) is 76.1 Å². The molecule has 0 atom stereocenters. The summed E-state index contributed by atoms with van der Waals surface area (Å²) >= 11 is 0. The van der Waals surface area contributed by atoms with Gasteiger partial charge in [-0.05, 0) is 37.0 Å². The van der Waals surface area contributed by atoms with Crippen molar-refractivity contribution in [2.24, 2.45) is 5.92 Å². The fourth-order valence-corrected chi connectivity index (χ4v) is 2.73. The van der Waals surface area contributed by atoms with Crippen LogP contribution in [0.15, 0.2) is 24.3 Å². The van der Waals surface area contributed by atoms with Crippen molar-refractivity contribution in [2.45, 2.75) is 19.3 Å². The number of piperidine rings is 1. The van der Waals surface area contributed by atoms with Crippen LogP contribution < -0.4 is 4.74 Å². The molecule has 126 valence electrons. The fraction of sp³-hybridized carbons (Fsp3) is 0.529. The number of ether oxygens (including phenoxy) is 2. The van der Waals surface area contributed by atoms with Gasteiger partial charge in [-0.15, -0.1) is 0 Å². The molecule has 0 aliphatic carbocycles. The number of rotatable bonds is 7. The van der Waals surface area contributed by atoms with Crippen LogP contribution in [0.1, 0.15) is 29.6 Å². The fourth-order valence-electron chi connectivity index (χ4n) is 2.73. The molecule has 1 fully saturated rings. The van der Waals surface area contributed by atoms with Crippen molar-refractivity contribution in [2.75, 3.05) is 33.4 Å². The molecule has 0 radical (unpaired) electrons. The highest BCUT2D eigenvalue weighted by Gasteiger charge is 2.25. The van der Waals surface area contributed by atoms with Gasteiger partial charge in [-0.1, -0.05) is 6.07 Å². The summed E-state index contributed by atoms with van der Waals surface area (Å²) in [7, 11) is 1.61. The van der Waals surface area contributed by atoms with E-state index in [-0.39, 0.29) is 18.2 Å². The Bertz CT molecular complexity index is 538. The third-order valence-electron chi connectivity index (χ3n) is 4.00. The number of amides is 1. The van der Waals surface area contributed by atoms with E-state index in [9.17, 15) is 9.59 Å². The van der Waals surface area contributed by atoms with Crippen molar-refractivity contribution in [1.29, 1.82) is 0 Å². The summed E-state index contributed by atoms with van der Waals surface area (Å²) in [5.74, 6) is 0.0144. The number of carboxylic acid groups (broad SMARTS) is 1. The Labute approximate surface area is 136 Å². The lowest BCUT2D eigenvalue weighted by Gasteiger charge is -2.31. The Morgan fingerprint density at radius 2 is 2.00 bits per heavy atom. The van der Waals surface area contributed by atoms with Crippen LogP contribution >= 0.6 is 0 Å². The third-order valence-corrected chi connectivity index (χ3v) is 4.00. The van der Waals surface area contributed by atoms with Crippen molar-refractivity contribution in [3.05, 3.63) is 29.8 Å². The molecule has 1 saturated heterocycles. The average molecular weight is 321 g/mol. The van der Waals surface area contributed by atoms with Gasteiger partial charge in [-0.3, -0.25) is 9.59 Å². The highest BCUT2D eigenvalue weighted by molar-refractivity contribution is 5.94. The van der Waals surface area contributed by atoms with Gasteiger partial charge in [0.05, 0.1) is 6.61 Å². The van der Waals surface area contributed by atoms with E-state index >= 15 is 0 Å². The molecule has 0 unspecified atom stereocenters. The van der Waals surface area contributed by atoms with Crippen LogP contribution in [0.3, 0.4) is 0 Å². The molecule has 1 aromatic carbocycles. The third kappa shape index (κ3) is 5.25. The summed E-state index contributed by atoms with van der Waals surface area (Å²) in [4.78, 5) is 25.1. The smallest absolute Gasteiger partial charge is 0.303 e. The van der Waals surface area contributed by atoms with E-state index in [0.29, 0.717) is 37.6 Å². The van der Waals surface area contributed by atoms with Gasteiger partial charge in [0.1, 0.15) is 12.4 Å². The Hall–Kier alpha value is -2.08. The highest BCUT2D eigenvalue weighted by atomic mass is 16.5. The van der Waals surface area contributed by atoms with Crippen molar-refractivity contribution in [1.82, 2.24) is 4.90 Å². The molecule has 2 rings (SSSR count). The van der Waals surface area contributed by atoms with Gasteiger partial charge in [-0.2, -0.15) is 0 Å². The van der Waals surface area contributed by atoms with E-state index in [1.807, 2.05) is 6.07 Å².